The minimum atomic E-state index is -3.24. The van der Waals surface area contributed by atoms with E-state index in [2.05, 4.69) is 0 Å². The van der Waals surface area contributed by atoms with Crippen LogP contribution in [0.1, 0.15) is 18.0 Å². The fourth-order valence-corrected chi connectivity index (χ4v) is 4.24. The van der Waals surface area contributed by atoms with Gasteiger partial charge in [-0.05, 0) is 38.2 Å². The van der Waals surface area contributed by atoms with E-state index in [1.165, 1.54) is 10.6 Å². The van der Waals surface area contributed by atoms with Crippen LogP contribution in [0.3, 0.4) is 0 Å². The predicted octanol–water partition coefficient (Wildman–Crippen LogP) is 0.512. The number of carbonyl (C=O) groups is 1. The standard InChI is InChI=1S/C17H25N3O5S/c1-18(2)16(13-5-6-14-15(11-13)25-12-24-14)17(21)19-7-4-8-20(10-9-19)26(3,22)23/h5-6,11,16H,4,7-10,12H2,1-3H3/t16-/m1/s1. The Balaban J connectivity index is 1.79. The van der Waals surface area contributed by atoms with Crippen molar-refractivity contribution in [1.82, 2.24) is 14.1 Å². The van der Waals surface area contributed by atoms with Gasteiger partial charge in [-0.25, -0.2) is 12.7 Å². The number of ether oxygens (including phenoxy) is 2. The molecule has 0 spiro atoms. The van der Waals surface area contributed by atoms with Crippen LogP contribution in [0.25, 0.3) is 0 Å². The van der Waals surface area contributed by atoms with Crippen molar-refractivity contribution >= 4 is 15.9 Å². The van der Waals surface area contributed by atoms with E-state index in [4.69, 9.17) is 9.47 Å². The maximum Gasteiger partial charge on any atom is 0.244 e. The maximum atomic E-state index is 13.2. The molecule has 0 radical (unpaired) electrons. The molecule has 1 fully saturated rings. The van der Waals surface area contributed by atoms with E-state index in [9.17, 15) is 13.2 Å². The lowest BCUT2D eigenvalue weighted by atomic mass is 10.0. The molecule has 1 saturated heterocycles. The predicted molar refractivity (Wildman–Crippen MR) is 96.6 cm³/mol. The van der Waals surface area contributed by atoms with Gasteiger partial charge in [0.25, 0.3) is 0 Å². The molecule has 26 heavy (non-hydrogen) atoms. The Morgan fingerprint density at radius 3 is 2.54 bits per heavy atom. The summed E-state index contributed by atoms with van der Waals surface area (Å²) in [6.45, 7) is 1.89. The van der Waals surface area contributed by atoms with Crippen LogP contribution in [-0.2, 0) is 14.8 Å². The van der Waals surface area contributed by atoms with E-state index in [-0.39, 0.29) is 12.7 Å². The normalized spacial score (nSPS) is 19.5. The van der Waals surface area contributed by atoms with Crippen molar-refractivity contribution in [2.75, 3.05) is 53.3 Å². The number of fused-ring (bicyclic) bond motifs is 1. The molecule has 1 aromatic rings. The molecule has 3 rings (SSSR count). The first-order valence-electron chi connectivity index (χ1n) is 8.57. The number of benzene rings is 1. The number of hydrogen-bond acceptors (Lipinski definition) is 6. The lowest BCUT2D eigenvalue weighted by Gasteiger charge is -2.30. The molecule has 144 valence electrons. The third-order valence-corrected chi connectivity index (χ3v) is 6.00. The summed E-state index contributed by atoms with van der Waals surface area (Å²) in [5.41, 5.74) is 0.827. The molecule has 0 aliphatic carbocycles. The zero-order valence-corrected chi connectivity index (χ0v) is 16.2. The van der Waals surface area contributed by atoms with Crippen molar-refractivity contribution in [1.29, 1.82) is 0 Å². The highest BCUT2D eigenvalue weighted by molar-refractivity contribution is 7.88. The second-order valence-electron chi connectivity index (χ2n) is 6.82. The van der Waals surface area contributed by atoms with Crippen molar-refractivity contribution in [3.63, 3.8) is 0 Å². The lowest BCUT2D eigenvalue weighted by Crippen LogP contribution is -2.42. The van der Waals surface area contributed by atoms with E-state index in [0.29, 0.717) is 44.1 Å². The van der Waals surface area contributed by atoms with E-state index in [1.54, 1.807) is 4.90 Å². The van der Waals surface area contributed by atoms with Gasteiger partial charge in [-0.3, -0.25) is 9.69 Å². The fraction of sp³-hybridized carbons (Fsp3) is 0.588. The minimum Gasteiger partial charge on any atom is -0.454 e. The van der Waals surface area contributed by atoms with Crippen LogP contribution in [0.15, 0.2) is 18.2 Å². The molecule has 0 saturated carbocycles. The van der Waals surface area contributed by atoms with Gasteiger partial charge in [-0.1, -0.05) is 6.07 Å². The van der Waals surface area contributed by atoms with Crippen molar-refractivity contribution in [3.05, 3.63) is 23.8 Å². The molecule has 2 aliphatic rings. The van der Waals surface area contributed by atoms with Gasteiger partial charge < -0.3 is 14.4 Å². The Morgan fingerprint density at radius 1 is 1.12 bits per heavy atom. The van der Waals surface area contributed by atoms with Crippen LogP contribution in [0.4, 0.5) is 0 Å². The summed E-state index contributed by atoms with van der Waals surface area (Å²) in [6.07, 6.45) is 1.83. The highest BCUT2D eigenvalue weighted by Crippen LogP contribution is 2.35. The zero-order valence-electron chi connectivity index (χ0n) is 15.3. The molecule has 0 aromatic heterocycles. The molecule has 1 atom stereocenters. The number of rotatable bonds is 4. The number of nitrogens with zero attached hydrogens (tertiary/aromatic N) is 3. The number of carbonyl (C=O) groups excluding carboxylic acids is 1. The number of amides is 1. The Hall–Kier alpha value is -1.84. The third kappa shape index (κ3) is 3.94. The van der Waals surface area contributed by atoms with E-state index >= 15 is 0 Å². The van der Waals surface area contributed by atoms with Gasteiger partial charge in [0.15, 0.2) is 11.5 Å². The van der Waals surface area contributed by atoms with Crippen LogP contribution < -0.4 is 9.47 Å². The molecular formula is C17H25N3O5S. The second-order valence-corrected chi connectivity index (χ2v) is 8.80. The van der Waals surface area contributed by atoms with Crippen molar-refractivity contribution < 1.29 is 22.7 Å². The van der Waals surface area contributed by atoms with E-state index < -0.39 is 16.1 Å². The molecule has 0 unspecified atom stereocenters. The van der Waals surface area contributed by atoms with Crippen LogP contribution in [0.5, 0.6) is 11.5 Å². The van der Waals surface area contributed by atoms with Gasteiger partial charge in [0, 0.05) is 26.2 Å². The van der Waals surface area contributed by atoms with Crippen LogP contribution >= 0.6 is 0 Å². The Morgan fingerprint density at radius 2 is 1.85 bits per heavy atom. The lowest BCUT2D eigenvalue weighted by molar-refractivity contribution is -0.136. The maximum absolute atomic E-state index is 13.2. The number of likely N-dealkylation sites (N-methyl/N-ethyl adjacent to an activating group) is 1. The second kappa shape index (κ2) is 7.42. The van der Waals surface area contributed by atoms with Gasteiger partial charge >= 0.3 is 0 Å². The van der Waals surface area contributed by atoms with Gasteiger partial charge in [0.1, 0.15) is 6.04 Å². The first-order valence-corrected chi connectivity index (χ1v) is 10.4. The Labute approximate surface area is 154 Å². The summed E-state index contributed by atoms with van der Waals surface area (Å²) in [5, 5.41) is 0. The Bertz CT molecular complexity index is 781. The fourth-order valence-electron chi connectivity index (χ4n) is 3.36. The molecule has 1 amide bonds. The highest BCUT2D eigenvalue weighted by atomic mass is 32.2. The summed E-state index contributed by atoms with van der Waals surface area (Å²) in [7, 11) is 0.470. The summed E-state index contributed by atoms with van der Waals surface area (Å²) in [5.74, 6) is 1.28. The molecule has 8 nitrogen and oxygen atoms in total. The van der Waals surface area contributed by atoms with Gasteiger partial charge in [-0.15, -0.1) is 0 Å². The van der Waals surface area contributed by atoms with Crippen LogP contribution in [0.2, 0.25) is 0 Å². The van der Waals surface area contributed by atoms with Crippen LogP contribution in [0, 0.1) is 0 Å². The molecule has 1 aromatic carbocycles. The van der Waals surface area contributed by atoms with Gasteiger partial charge in [0.2, 0.25) is 22.7 Å². The number of sulfonamides is 1. The summed E-state index contributed by atoms with van der Waals surface area (Å²) in [6, 6.07) is 5.06. The average molecular weight is 383 g/mol. The highest BCUT2D eigenvalue weighted by Gasteiger charge is 2.31. The first kappa shape index (κ1) is 18.9. The quantitative estimate of drug-likeness (QED) is 0.754. The molecule has 2 heterocycles. The SMILES string of the molecule is CN(C)[C@@H](C(=O)N1CCCN(S(C)(=O)=O)CC1)c1ccc2c(c1)OCO2. The Kier molecular flexibility index (Phi) is 5.40. The van der Waals surface area contributed by atoms with Crippen LogP contribution in [-0.4, -0.2) is 81.8 Å². The van der Waals surface area contributed by atoms with Gasteiger partial charge in [-0.2, -0.15) is 0 Å². The molecule has 2 aliphatic heterocycles. The molecule has 0 bridgehead atoms. The van der Waals surface area contributed by atoms with E-state index in [0.717, 1.165) is 5.56 Å². The van der Waals surface area contributed by atoms with Crippen molar-refractivity contribution in [3.8, 4) is 11.5 Å². The minimum absolute atomic E-state index is 0.0378. The molecular weight excluding hydrogens is 358 g/mol. The van der Waals surface area contributed by atoms with Crippen molar-refractivity contribution in [2.24, 2.45) is 0 Å². The van der Waals surface area contributed by atoms with E-state index in [1.807, 2.05) is 37.2 Å². The molecule has 0 N–H and O–H groups in total. The monoisotopic (exact) mass is 383 g/mol. The zero-order chi connectivity index (χ0) is 18.9. The summed E-state index contributed by atoms with van der Waals surface area (Å²) in [4.78, 5) is 16.8. The summed E-state index contributed by atoms with van der Waals surface area (Å²) >= 11 is 0. The summed E-state index contributed by atoms with van der Waals surface area (Å²) < 4.78 is 35.8. The largest absolute Gasteiger partial charge is 0.454 e. The molecule has 9 heteroatoms. The average Bonchev–Trinajstić information content (AvgIpc) is 2.87. The third-order valence-electron chi connectivity index (χ3n) is 4.70. The van der Waals surface area contributed by atoms with Gasteiger partial charge in [0.05, 0.1) is 6.26 Å². The van der Waals surface area contributed by atoms with Crippen molar-refractivity contribution in [2.45, 2.75) is 12.5 Å². The smallest absolute Gasteiger partial charge is 0.244 e. The first-order chi connectivity index (χ1) is 12.3. The topological polar surface area (TPSA) is 79.4 Å². The number of hydrogen-bond donors (Lipinski definition) is 0.